The predicted octanol–water partition coefficient (Wildman–Crippen LogP) is 12.4. The normalized spacial score (nSPS) is 21.4. The topological polar surface area (TPSA) is 116 Å². The molecule has 6 rings (SSSR count). The molecule has 3 aliphatic rings. The zero-order valence-corrected chi connectivity index (χ0v) is 43.1. The third-order valence-corrected chi connectivity index (χ3v) is 13.1. The van der Waals surface area contributed by atoms with Crippen LogP contribution in [0, 0.1) is 0 Å². The van der Waals surface area contributed by atoms with Gasteiger partial charge in [-0.05, 0) is 126 Å². The van der Waals surface area contributed by atoms with Crippen LogP contribution in [0.2, 0.25) is 0 Å². The van der Waals surface area contributed by atoms with Crippen LogP contribution in [0.5, 0.6) is 0 Å². The summed E-state index contributed by atoms with van der Waals surface area (Å²) in [5.74, 6) is -0.812. The van der Waals surface area contributed by atoms with E-state index in [1.165, 1.54) is 19.3 Å². The summed E-state index contributed by atoms with van der Waals surface area (Å²) in [6.07, 6.45) is 9.62. The highest BCUT2D eigenvalue weighted by atomic mass is 16.9. The third-order valence-electron chi connectivity index (χ3n) is 13.1. The van der Waals surface area contributed by atoms with E-state index >= 15 is 0 Å². The van der Waals surface area contributed by atoms with E-state index in [4.69, 9.17) is 23.9 Å². The summed E-state index contributed by atoms with van der Waals surface area (Å²) in [5.41, 5.74) is -0.00942. The lowest BCUT2D eigenvalue weighted by molar-refractivity contribution is -0.427. The van der Waals surface area contributed by atoms with Crippen LogP contribution in [0.3, 0.4) is 0 Å². The second kappa shape index (κ2) is 22.5. The Balaban J connectivity index is 0.000000367. The van der Waals surface area contributed by atoms with Crippen LogP contribution in [0.1, 0.15) is 198 Å². The smallest absolute Gasteiger partial charge is 0.338 e. The van der Waals surface area contributed by atoms with Crippen LogP contribution in [0.25, 0.3) is 0 Å². The Morgan fingerprint density at radius 1 is 0.478 bits per heavy atom. The number of nitrogens with one attached hydrogen (secondary N) is 1. The molecule has 0 aliphatic carbocycles. The fourth-order valence-corrected chi connectivity index (χ4v) is 11.0. The lowest BCUT2D eigenvalue weighted by Crippen LogP contribution is -2.65. The number of carbonyl (C=O) groups excluding carboxylic acids is 3. The van der Waals surface area contributed by atoms with E-state index in [9.17, 15) is 14.4 Å². The first kappa shape index (κ1) is 53.8. The number of ether oxygens (including phenoxy) is 3. The molecule has 3 saturated heterocycles. The van der Waals surface area contributed by atoms with Crippen molar-refractivity contribution in [1.82, 2.24) is 15.4 Å². The van der Waals surface area contributed by atoms with Gasteiger partial charge in [-0.15, -0.1) is 0 Å². The van der Waals surface area contributed by atoms with Crippen LogP contribution in [0.4, 0.5) is 0 Å². The number of hydroxylamine groups is 4. The summed E-state index contributed by atoms with van der Waals surface area (Å²) >= 11 is 0. The van der Waals surface area contributed by atoms with Gasteiger partial charge in [-0.2, -0.15) is 10.1 Å². The standard InChI is InChI=1S/C40H60N2O6.C16H23NO2/c1-10-11-12-13-20-25-34(47-41-37(2,3)26-32(27-38(41,4)5)45-35(43)30-21-16-14-17-22-30)48-42-39(6,7)28-33(29-40(42,8)9)46-36(44)31-23-18-15-19-24-31;1-15(2)10-13(11-16(3,4)17-15)19-14(18)12-8-6-5-7-9-12/h14-19,21-24,32-34H,10-13,20,25-29H2,1-9H3;5-9,13,17H,10-11H2,1-4H3. The summed E-state index contributed by atoms with van der Waals surface area (Å²) in [4.78, 5) is 51.9. The number of unbranched alkanes of at least 4 members (excludes halogenated alkanes) is 4. The van der Waals surface area contributed by atoms with Gasteiger partial charge in [0.05, 0.1) is 16.7 Å². The summed E-state index contributed by atoms with van der Waals surface area (Å²) in [5, 5.41) is 7.77. The van der Waals surface area contributed by atoms with Crippen molar-refractivity contribution >= 4 is 17.9 Å². The minimum absolute atomic E-state index is 0.0105. The van der Waals surface area contributed by atoms with Crippen molar-refractivity contribution in [3.8, 4) is 0 Å². The van der Waals surface area contributed by atoms with Crippen molar-refractivity contribution in [2.45, 2.75) is 225 Å². The van der Waals surface area contributed by atoms with Gasteiger partial charge in [0.15, 0.2) is 6.29 Å². The largest absolute Gasteiger partial charge is 0.459 e. The second-order valence-electron chi connectivity index (χ2n) is 23.0. The van der Waals surface area contributed by atoms with E-state index in [1.54, 1.807) is 36.4 Å². The second-order valence-corrected chi connectivity index (χ2v) is 23.0. The fraction of sp³-hybridized carbons (Fsp3) is 0.625. The van der Waals surface area contributed by atoms with E-state index < -0.39 is 28.4 Å². The van der Waals surface area contributed by atoms with Gasteiger partial charge >= 0.3 is 17.9 Å². The fourth-order valence-electron chi connectivity index (χ4n) is 11.0. The number of rotatable bonds is 16. The van der Waals surface area contributed by atoms with E-state index in [2.05, 4.69) is 105 Å². The minimum Gasteiger partial charge on any atom is -0.459 e. The van der Waals surface area contributed by atoms with Crippen molar-refractivity contribution in [2.24, 2.45) is 0 Å². The molecule has 3 aromatic rings. The summed E-state index contributed by atoms with van der Waals surface area (Å²) in [6, 6.07) is 27.5. The average molecular weight is 926 g/mol. The molecule has 0 spiro atoms. The van der Waals surface area contributed by atoms with Crippen molar-refractivity contribution in [1.29, 1.82) is 0 Å². The first-order valence-electron chi connectivity index (χ1n) is 24.8. The van der Waals surface area contributed by atoms with E-state index in [0.717, 1.165) is 32.1 Å². The quantitative estimate of drug-likeness (QED) is 0.0641. The zero-order chi connectivity index (χ0) is 49.3. The molecule has 3 aliphatic heterocycles. The molecule has 3 aromatic carbocycles. The molecule has 11 nitrogen and oxygen atoms in total. The zero-order valence-electron chi connectivity index (χ0n) is 43.1. The van der Waals surface area contributed by atoms with Crippen LogP contribution < -0.4 is 5.32 Å². The van der Waals surface area contributed by atoms with Gasteiger partial charge in [0.1, 0.15) is 18.3 Å². The Kier molecular flexibility index (Phi) is 18.1. The molecule has 1 N–H and O–H groups in total. The van der Waals surface area contributed by atoms with Gasteiger partial charge in [-0.25, -0.2) is 14.4 Å². The maximum Gasteiger partial charge on any atom is 0.338 e. The van der Waals surface area contributed by atoms with Gasteiger partial charge in [0.25, 0.3) is 0 Å². The summed E-state index contributed by atoms with van der Waals surface area (Å²) in [7, 11) is 0. The lowest BCUT2D eigenvalue weighted by Gasteiger charge is -2.56. The van der Waals surface area contributed by atoms with E-state index in [0.29, 0.717) is 42.4 Å². The van der Waals surface area contributed by atoms with Crippen molar-refractivity contribution in [3.05, 3.63) is 108 Å². The molecule has 0 radical (unpaired) electrons. The van der Waals surface area contributed by atoms with Crippen LogP contribution >= 0.6 is 0 Å². The molecule has 370 valence electrons. The van der Waals surface area contributed by atoms with Gasteiger partial charge in [0, 0.05) is 78.2 Å². The number of piperidine rings is 3. The van der Waals surface area contributed by atoms with Gasteiger partial charge in [-0.3, -0.25) is 9.68 Å². The lowest BCUT2D eigenvalue weighted by atomic mass is 9.80. The van der Waals surface area contributed by atoms with E-state index in [1.807, 2.05) is 54.6 Å². The molecule has 3 fully saturated rings. The summed E-state index contributed by atoms with van der Waals surface area (Å²) in [6.45, 7) is 28.0. The number of benzene rings is 3. The van der Waals surface area contributed by atoms with Gasteiger partial charge in [-0.1, -0.05) is 87.2 Å². The molecule has 67 heavy (non-hydrogen) atoms. The molecule has 0 bridgehead atoms. The number of nitrogens with zero attached hydrogens (tertiary/aromatic N) is 2. The highest BCUT2D eigenvalue weighted by molar-refractivity contribution is 5.90. The third kappa shape index (κ3) is 15.7. The average Bonchev–Trinajstić information content (AvgIpc) is 3.22. The maximum absolute atomic E-state index is 13.0. The van der Waals surface area contributed by atoms with Gasteiger partial charge < -0.3 is 19.5 Å². The highest BCUT2D eigenvalue weighted by Crippen LogP contribution is 2.44. The minimum atomic E-state index is -0.518. The van der Waals surface area contributed by atoms with Crippen molar-refractivity contribution < 1.29 is 38.3 Å². The highest BCUT2D eigenvalue weighted by Gasteiger charge is 2.52. The molecule has 0 amide bonds. The van der Waals surface area contributed by atoms with Crippen LogP contribution in [-0.2, 0) is 23.9 Å². The maximum atomic E-state index is 13.0. The first-order valence-corrected chi connectivity index (χ1v) is 24.8. The molecule has 0 unspecified atom stereocenters. The number of hydrogen-bond donors (Lipinski definition) is 1. The Morgan fingerprint density at radius 3 is 1.09 bits per heavy atom. The first-order chi connectivity index (χ1) is 31.3. The van der Waals surface area contributed by atoms with Gasteiger partial charge in [0.2, 0.25) is 0 Å². The molecule has 11 heteroatoms. The predicted molar refractivity (Wildman–Crippen MR) is 265 cm³/mol. The molecule has 0 saturated carbocycles. The van der Waals surface area contributed by atoms with E-state index in [-0.39, 0.29) is 47.3 Å². The molecule has 0 atom stereocenters. The summed E-state index contributed by atoms with van der Waals surface area (Å²) < 4.78 is 17.8. The Hall–Kier alpha value is -4.13. The van der Waals surface area contributed by atoms with Crippen molar-refractivity contribution in [3.63, 3.8) is 0 Å². The Bertz CT molecular complexity index is 1890. The SMILES string of the molecule is CC1(C)CC(OC(=O)c2ccccc2)CC(C)(C)N1.CCCCCCCC(ON1C(C)(C)CC(OC(=O)c2ccccc2)CC1(C)C)ON1C(C)(C)CC(OC(=O)c2ccccc2)CC1(C)C. The van der Waals surface area contributed by atoms with Crippen molar-refractivity contribution in [2.75, 3.05) is 0 Å². The molecule has 0 aromatic heterocycles. The molecular formula is C56H83N3O8. The number of hydrogen-bond acceptors (Lipinski definition) is 11. The Labute approximate surface area is 402 Å². The molecule has 3 heterocycles. The molecular weight excluding hydrogens is 843 g/mol. The Morgan fingerprint density at radius 2 is 0.776 bits per heavy atom. The number of esters is 3. The number of carbonyl (C=O) groups is 3. The van der Waals surface area contributed by atoms with Crippen LogP contribution in [0.15, 0.2) is 91.0 Å². The monoisotopic (exact) mass is 926 g/mol. The van der Waals surface area contributed by atoms with Crippen LogP contribution in [-0.4, -0.2) is 85.9 Å².